The number of carbonyl (C=O) groups excluding carboxylic acids is 1. The van der Waals surface area contributed by atoms with E-state index in [1.807, 2.05) is 72.2 Å². The lowest BCUT2D eigenvalue weighted by Gasteiger charge is -2.09. The van der Waals surface area contributed by atoms with Gasteiger partial charge in [-0.15, -0.1) is 10.2 Å². The van der Waals surface area contributed by atoms with Gasteiger partial charge >= 0.3 is 0 Å². The molecule has 4 rings (SSSR count). The zero-order valence-corrected chi connectivity index (χ0v) is 17.6. The van der Waals surface area contributed by atoms with Gasteiger partial charge in [0.1, 0.15) is 11.5 Å². The van der Waals surface area contributed by atoms with Gasteiger partial charge in [0.05, 0.1) is 25.7 Å². The summed E-state index contributed by atoms with van der Waals surface area (Å²) in [6, 6.07) is 19.0. The van der Waals surface area contributed by atoms with Gasteiger partial charge in [-0.2, -0.15) is 0 Å². The van der Waals surface area contributed by atoms with Crippen molar-refractivity contribution in [1.82, 2.24) is 14.8 Å². The fourth-order valence-electron chi connectivity index (χ4n) is 3.14. The molecule has 2 heterocycles. The number of furan rings is 1. The van der Waals surface area contributed by atoms with Gasteiger partial charge in [-0.3, -0.25) is 9.36 Å². The van der Waals surface area contributed by atoms with Crippen molar-refractivity contribution in [3.63, 3.8) is 0 Å². The van der Waals surface area contributed by atoms with Gasteiger partial charge in [-0.25, -0.2) is 0 Å². The number of carbonyl (C=O) groups is 1. The Morgan fingerprint density at radius 2 is 1.87 bits per heavy atom. The second-order valence-corrected chi connectivity index (χ2v) is 7.67. The molecule has 0 spiro atoms. The van der Waals surface area contributed by atoms with Crippen molar-refractivity contribution in [2.24, 2.45) is 0 Å². The number of rotatable bonds is 8. The number of aromatic nitrogens is 3. The SMILES string of the molecule is COc1ccc(-c2nnc(SCC(=O)c3ccccc3C)n2Cc2ccco2)cc1. The Labute approximate surface area is 178 Å². The second-order valence-electron chi connectivity index (χ2n) is 6.73. The van der Waals surface area contributed by atoms with E-state index in [1.165, 1.54) is 11.8 Å². The Bertz CT molecular complexity index is 1130. The summed E-state index contributed by atoms with van der Waals surface area (Å²) in [6.07, 6.45) is 1.64. The molecule has 30 heavy (non-hydrogen) atoms. The van der Waals surface area contributed by atoms with Crippen LogP contribution in [0.3, 0.4) is 0 Å². The van der Waals surface area contributed by atoms with Crippen molar-refractivity contribution < 1.29 is 13.9 Å². The van der Waals surface area contributed by atoms with Crippen LogP contribution in [0.15, 0.2) is 76.5 Å². The molecule has 2 aromatic carbocycles. The molecule has 0 aliphatic heterocycles. The average molecular weight is 420 g/mol. The van der Waals surface area contributed by atoms with Crippen LogP contribution in [0.5, 0.6) is 5.75 Å². The van der Waals surface area contributed by atoms with E-state index < -0.39 is 0 Å². The van der Waals surface area contributed by atoms with Gasteiger partial charge in [-0.1, -0.05) is 36.0 Å². The topological polar surface area (TPSA) is 70.2 Å². The second kappa shape index (κ2) is 9.00. The van der Waals surface area contributed by atoms with Crippen molar-refractivity contribution >= 4 is 17.5 Å². The third-order valence-corrected chi connectivity index (χ3v) is 5.70. The van der Waals surface area contributed by atoms with Crippen LogP contribution in [0.25, 0.3) is 11.4 Å². The lowest BCUT2D eigenvalue weighted by atomic mass is 10.1. The first-order valence-corrected chi connectivity index (χ1v) is 10.5. The maximum Gasteiger partial charge on any atom is 0.192 e. The van der Waals surface area contributed by atoms with Gasteiger partial charge in [0.15, 0.2) is 16.8 Å². The number of nitrogens with zero attached hydrogens (tertiary/aromatic N) is 3. The summed E-state index contributed by atoms with van der Waals surface area (Å²) < 4.78 is 12.7. The Morgan fingerprint density at radius 3 is 2.57 bits per heavy atom. The van der Waals surface area contributed by atoms with Gasteiger partial charge in [-0.05, 0) is 48.9 Å². The van der Waals surface area contributed by atoms with E-state index in [2.05, 4.69) is 10.2 Å². The molecule has 7 heteroatoms. The lowest BCUT2D eigenvalue weighted by molar-refractivity contribution is 0.102. The highest BCUT2D eigenvalue weighted by Crippen LogP contribution is 2.27. The monoisotopic (exact) mass is 419 g/mol. The van der Waals surface area contributed by atoms with Crippen LogP contribution in [0, 0.1) is 6.92 Å². The van der Waals surface area contributed by atoms with Crippen LogP contribution in [-0.2, 0) is 6.54 Å². The number of aryl methyl sites for hydroxylation is 1. The van der Waals surface area contributed by atoms with Crippen LogP contribution in [-0.4, -0.2) is 33.4 Å². The van der Waals surface area contributed by atoms with Gasteiger partial charge < -0.3 is 9.15 Å². The third-order valence-electron chi connectivity index (χ3n) is 4.74. The Morgan fingerprint density at radius 1 is 1.07 bits per heavy atom. The maximum absolute atomic E-state index is 12.7. The van der Waals surface area contributed by atoms with Crippen LogP contribution in [0.4, 0.5) is 0 Å². The molecule has 0 radical (unpaired) electrons. The van der Waals surface area contributed by atoms with E-state index in [9.17, 15) is 4.79 Å². The molecular weight excluding hydrogens is 398 g/mol. The number of hydrogen-bond donors (Lipinski definition) is 0. The normalized spacial score (nSPS) is 10.9. The summed E-state index contributed by atoms with van der Waals surface area (Å²) >= 11 is 1.38. The number of ketones is 1. The minimum absolute atomic E-state index is 0.0663. The Hall–Kier alpha value is -3.32. The summed E-state index contributed by atoms with van der Waals surface area (Å²) in [5, 5.41) is 9.41. The minimum atomic E-state index is 0.0663. The zero-order valence-electron chi connectivity index (χ0n) is 16.7. The summed E-state index contributed by atoms with van der Waals surface area (Å²) in [7, 11) is 1.63. The van der Waals surface area contributed by atoms with Crippen molar-refractivity contribution in [3.05, 3.63) is 83.8 Å². The van der Waals surface area contributed by atoms with Crippen LogP contribution < -0.4 is 4.74 Å². The maximum atomic E-state index is 12.7. The van der Waals surface area contributed by atoms with E-state index in [0.717, 1.165) is 28.2 Å². The number of Topliss-reactive ketones (excluding diaryl/α,β-unsaturated/α-hetero) is 1. The summed E-state index contributed by atoms with van der Waals surface area (Å²) in [6.45, 7) is 2.42. The van der Waals surface area contributed by atoms with Gasteiger partial charge in [0, 0.05) is 11.1 Å². The Kier molecular flexibility index (Phi) is 5.99. The van der Waals surface area contributed by atoms with Crippen LogP contribution >= 0.6 is 11.8 Å². The van der Waals surface area contributed by atoms with E-state index in [4.69, 9.17) is 9.15 Å². The first-order valence-electron chi connectivity index (χ1n) is 9.47. The predicted molar refractivity (Wildman–Crippen MR) is 116 cm³/mol. The summed E-state index contributed by atoms with van der Waals surface area (Å²) in [4.78, 5) is 12.7. The van der Waals surface area contributed by atoms with Crippen molar-refractivity contribution in [2.75, 3.05) is 12.9 Å². The van der Waals surface area contributed by atoms with E-state index in [1.54, 1.807) is 13.4 Å². The van der Waals surface area contributed by atoms with Crippen molar-refractivity contribution in [1.29, 1.82) is 0 Å². The first kappa shape index (κ1) is 20.0. The van der Waals surface area contributed by atoms with Crippen molar-refractivity contribution in [2.45, 2.75) is 18.6 Å². The lowest BCUT2D eigenvalue weighted by Crippen LogP contribution is -2.07. The number of thioether (sulfide) groups is 1. The molecule has 0 saturated carbocycles. The fraction of sp³-hybridized carbons (Fsp3) is 0.174. The summed E-state index contributed by atoms with van der Waals surface area (Å²) in [5.41, 5.74) is 2.61. The number of hydrogen-bond acceptors (Lipinski definition) is 6. The summed E-state index contributed by atoms with van der Waals surface area (Å²) in [5.74, 6) is 2.62. The van der Waals surface area contributed by atoms with Crippen molar-refractivity contribution in [3.8, 4) is 17.1 Å². The highest BCUT2D eigenvalue weighted by atomic mass is 32.2. The number of benzene rings is 2. The first-order chi connectivity index (χ1) is 14.7. The molecule has 0 aliphatic carbocycles. The molecule has 0 N–H and O–H groups in total. The minimum Gasteiger partial charge on any atom is -0.497 e. The Balaban J connectivity index is 1.61. The highest BCUT2D eigenvalue weighted by Gasteiger charge is 2.18. The molecule has 0 amide bonds. The fourth-order valence-corrected chi connectivity index (χ4v) is 3.96. The number of ether oxygens (including phenoxy) is 1. The molecule has 0 unspecified atom stereocenters. The largest absolute Gasteiger partial charge is 0.497 e. The quantitative estimate of drug-likeness (QED) is 0.299. The van der Waals surface area contributed by atoms with E-state index >= 15 is 0 Å². The average Bonchev–Trinajstić information content (AvgIpc) is 3.43. The van der Waals surface area contributed by atoms with Crippen LogP contribution in [0.1, 0.15) is 21.7 Å². The van der Waals surface area contributed by atoms with Crippen LogP contribution in [0.2, 0.25) is 0 Å². The molecule has 4 aromatic rings. The van der Waals surface area contributed by atoms with E-state index in [0.29, 0.717) is 17.5 Å². The molecule has 0 saturated heterocycles. The number of methoxy groups -OCH3 is 1. The zero-order chi connectivity index (χ0) is 20.9. The molecule has 6 nitrogen and oxygen atoms in total. The smallest absolute Gasteiger partial charge is 0.192 e. The molecule has 0 atom stereocenters. The molecule has 0 aliphatic rings. The molecule has 0 fully saturated rings. The molecule has 0 bridgehead atoms. The molecule has 152 valence electrons. The van der Waals surface area contributed by atoms with Gasteiger partial charge in [0.25, 0.3) is 0 Å². The highest BCUT2D eigenvalue weighted by molar-refractivity contribution is 7.99. The van der Waals surface area contributed by atoms with E-state index in [-0.39, 0.29) is 11.5 Å². The molecular formula is C23H21N3O3S. The molecule has 2 aromatic heterocycles. The third kappa shape index (κ3) is 4.31. The van der Waals surface area contributed by atoms with Gasteiger partial charge in [0.2, 0.25) is 0 Å². The standard InChI is InChI=1S/C23H21N3O3S/c1-16-6-3-4-8-20(16)21(27)15-30-23-25-24-22(17-9-11-18(28-2)12-10-17)26(23)14-19-7-5-13-29-19/h3-13H,14-15H2,1-2H3. The predicted octanol–water partition coefficient (Wildman–Crippen LogP) is 4.88.